The largest absolute Gasteiger partial charge is 0.369 e. The average Bonchev–Trinajstić information content (AvgIpc) is 2.71. The Morgan fingerprint density at radius 2 is 1.84 bits per heavy atom. The summed E-state index contributed by atoms with van der Waals surface area (Å²) in [4.78, 5) is 30.5. The number of amides is 1. The van der Waals surface area contributed by atoms with E-state index in [1.165, 1.54) is 12.8 Å². The molecular weight excluding hydrogens is 410 g/mol. The molecule has 1 aliphatic rings. The maximum atomic E-state index is 13.1. The van der Waals surface area contributed by atoms with Crippen LogP contribution in [-0.4, -0.2) is 23.5 Å². The van der Waals surface area contributed by atoms with Crippen LogP contribution in [0.1, 0.15) is 72.3 Å². The maximum Gasteiger partial charge on any atom is 0.253 e. The first-order chi connectivity index (χ1) is 14.7. The molecule has 0 atom stereocenters. The highest BCUT2D eigenvalue weighted by Crippen LogP contribution is 2.34. The van der Waals surface area contributed by atoms with Gasteiger partial charge < -0.3 is 15.2 Å². The van der Waals surface area contributed by atoms with Gasteiger partial charge in [0.25, 0.3) is 11.5 Å². The molecule has 1 aromatic heterocycles. The van der Waals surface area contributed by atoms with E-state index in [0.717, 1.165) is 47.8 Å². The Hall–Kier alpha value is -2.27. The van der Waals surface area contributed by atoms with Gasteiger partial charge in [-0.25, -0.2) is 0 Å². The number of aryl methyl sites for hydroxylation is 2. The highest BCUT2D eigenvalue weighted by Gasteiger charge is 2.26. The minimum absolute atomic E-state index is 0.162. The predicted molar refractivity (Wildman–Crippen MR) is 128 cm³/mol. The Kier molecular flexibility index (Phi) is 7.47. The van der Waals surface area contributed by atoms with Crippen molar-refractivity contribution in [3.8, 4) is 0 Å². The van der Waals surface area contributed by atoms with Crippen LogP contribution in [-0.2, 0) is 6.54 Å². The number of rotatable bonds is 6. The Balaban J connectivity index is 1.84. The van der Waals surface area contributed by atoms with E-state index in [4.69, 9.17) is 11.6 Å². The van der Waals surface area contributed by atoms with Crippen LogP contribution < -0.4 is 15.8 Å². The fourth-order valence-electron chi connectivity index (χ4n) is 4.74. The van der Waals surface area contributed by atoms with Crippen LogP contribution in [0.15, 0.2) is 23.0 Å². The van der Waals surface area contributed by atoms with E-state index in [9.17, 15) is 9.59 Å². The zero-order valence-electron chi connectivity index (χ0n) is 19.3. The predicted octanol–water partition coefficient (Wildman–Crippen LogP) is 5.29. The summed E-state index contributed by atoms with van der Waals surface area (Å²) in [5, 5.41) is 3.47. The number of hydrogen-bond donors (Lipinski definition) is 2. The quantitative estimate of drug-likeness (QED) is 0.637. The van der Waals surface area contributed by atoms with Gasteiger partial charge in [0, 0.05) is 46.7 Å². The van der Waals surface area contributed by atoms with Gasteiger partial charge in [0.05, 0.1) is 0 Å². The molecule has 5 nitrogen and oxygen atoms in total. The van der Waals surface area contributed by atoms with Gasteiger partial charge in [0.1, 0.15) is 0 Å². The number of carbonyl (C=O) groups is 1. The van der Waals surface area contributed by atoms with Crippen LogP contribution in [0.25, 0.3) is 0 Å². The molecule has 0 spiro atoms. The van der Waals surface area contributed by atoms with Crippen LogP contribution in [0, 0.1) is 26.7 Å². The van der Waals surface area contributed by atoms with Gasteiger partial charge in [-0.2, -0.15) is 0 Å². The number of anilines is 1. The van der Waals surface area contributed by atoms with Crippen molar-refractivity contribution in [2.24, 2.45) is 5.92 Å². The third-order valence-electron chi connectivity index (χ3n) is 6.59. The summed E-state index contributed by atoms with van der Waals surface area (Å²) < 4.78 is 0. The van der Waals surface area contributed by atoms with Crippen LogP contribution in [0.2, 0.25) is 5.02 Å². The van der Waals surface area contributed by atoms with Crippen molar-refractivity contribution >= 4 is 23.2 Å². The van der Waals surface area contributed by atoms with E-state index >= 15 is 0 Å². The van der Waals surface area contributed by atoms with E-state index < -0.39 is 0 Å². The first kappa shape index (κ1) is 23.4. The zero-order valence-corrected chi connectivity index (χ0v) is 20.0. The molecule has 2 aromatic rings. The Labute approximate surface area is 190 Å². The zero-order chi connectivity index (χ0) is 22.7. The van der Waals surface area contributed by atoms with Crippen LogP contribution in [0.3, 0.4) is 0 Å². The molecule has 0 bridgehead atoms. The molecule has 0 unspecified atom stereocenters. The van der Waals surface area contributed by atoms with E-state index in [2.05, 4.69) is 29.0 Å². The normalized spacial score (nSPS) is 18.6. The van der Waals surface area contributed by atoms with Crippen molar-refractivity contribution < 1.29 is 4.79 Å². The van der Waals surface area contributed by atoms with Crippen LogP contribution in [0.4, 0.5) is 5.69 Å². The van der Waals surface area contributed by atoms with Crippen LogP contribution >= 0.6 is 11.6 Å². The SMILES string of the molecule is CCN(c1cc(Cl)cc(C(=O)NCc2c(C)cc(C)[nH]c2=O)c1C)C1CCC(C)CC1. The van der Waals surface area contributed by atoms with Crippen molar-refractivity contribution in [3.05, 3.63) is 61.5 Å². The number of benzene rings is 1. The lowest BCUT2D eigenvalue weighted by Gasteiger charge is -2.38. The molecule has 1 heterocycles. The molecule has 31 heavy (non-hydrogen) atoms. The summed E-state index contributed by atoms with van der Waals surface area (Å²) in [6, 6.07) is 6.08. The third-order valence-corrected chi connectivity index (χ3v) is 6.80. The van der Waals surface area contributed by atoms with Gasteiger partial charge in [0.15, 0.2) is 0 Å². The Morgan fingerprint density at radius 3 is 2.45 bits per heavy atom. The van der Waals surface area contributed by atoms with Gasteiger partial charge in [-0.15, -0.1) is 0 Å². The molecule has 1 aromatic carbocycles. The number of aromatic nitrogens is 1. The Bertz CT molecular complexity index is 1010. The number of halogens is 1. The molecule has 0 aliphatic heterocycles. The number of nitrogens with one attached hydrogen (secondary N) is 2. The second-order valence-electron chi connectivity index (χ2n) is 8.92. The van der Waals surface area contributed by atoms with Crippen LogP contribution in [0.5, 0.6) is 0 Å². The van der Waals surface area contributed by atoms with Gasteiger partial charge in [0.2, 0.25) is 0 Å². The second-order valence-corrected chi connectivity index (χ2v) is 9.36. The number of H-pyrrole nitrogens is 1. The van der Waals surface area contributed by atoms with Crippen molar-refractivity contribution in [1.29, 1.82) is 0 Å². The molecular formula is C25H34ClN3O2. The maximum absolute atomic E-state index is 13.1. The highest BCUT2D eigenvalue weighted by atomic mass is 35.5. The van der Waals surface area contributed by atoms with Crippen molar-refractivity contribution in [3.63, 3.8) is 0 Å². The first-order valence-electron chi connectivity index (χ1n) is 11.3. The fourth-order valence-corrected chi connectivity index (χ4v) is 4.96. The summed E-state index contributed by atoms with van der Waals surface area (Å²) in [6.07, 6.45) is 4.80. The summed E-state index contributed by atoms with van der Waals surface area (Å²) in [5.41, 5.74) is 4.61. The van der Waals surface area contributed by atoms with E-state index in [1.807, 2.05) is 32.9 Å². The van der Waals surface area contributed by atoms with E-state index in [0.29, 0.717) is 22.2 Å². The molecule has 0 saturated heterocycles. The third kappa shape index (κ3) is 5.32. The molecule has 3 rings (SSSR count). The number of nitrogens with zero attached hydrogens (tertiary/aromatic N) is 1. The molecule has 6 heteroatoms. The van der Waals surface area contributed by atoms with Gasteiger partial charge in [-0.3, -0.25) is 9.59 Å². The summed E-state index contributed by atoms with van der Waals surface area (Å²) in [5.74, 6) is 0.569. The van der Waals surface area contributed by atoms with Gasteiger partial charge in [-0.05, 0) is 88.6 Å². The molecule has 0 radical (unpaired) electrons. The fraction of sp³-hybridized carbons (Fsp3) is 0.520. The molecule has 1 saturated carbocycles. The Morgan fingerprint density at radius 1 is 1.16 bits per heavy atom. The molecule has 1 amide bonds. The van der Waals surface area contributed by atoms with Crippen molar-refractivity contribution in [2.45, 2.75) is 72.9 Å². The molecule has 2 N–H and O–H groups in total. The topological polar surface area (TPSA) is 65.2 Å². The lowest BCUT2D eigenvalue weighted by molar-refractivity contribution is 0.0950. The second kappa shape index (κ2) is 9.90. The minimum Gasteiger partial charge on any atom is -0.369 e. The van der Waals surface area contributed by atoms with Gasteiger partial charge >= 0.3 is 0 Å². The molecule has 1 aliphatic carbocycles. The number of hydrogen-bond acceptors (Lipinski definition) is 3. The number of aromatic amines is 1. The van der Waals surface area contributed by atoms with Gasteiger partial charge in [-0.1, -0.05) is 18.5 Å². The van der Waals surface area contributed by atoms with Crippen molar-refractivity contribution in [1.82, 2.24) is 10.3 Å². The highest BCUT2D eigenvalue weighted by molar-refractivity contribution is 6.31. The molecule has 168 valence electrons. The summed E-state index contributed by atoms with van der Waals surface area (Å²) >= 11 is 6.45. The lowest BCUT2D eigenvalue weighted by Crippen LogP contribution is -2.38. The number of pyridine rings is 1. The smallest absolute Gasteiger partial charge is 0.253 e. The summed E-state index contributed by atoms with van der Waals surface area (Å²) in [7, 11) is 0. The van der Waals surface area contributed by atoms with Crippen molar-refractivity contribution in [2.75, 3.05) is 11.4 Å². The first-order valence-corrected chi connectivity index (χ1v) is 11.6. The number of carbonyl (C=O) groups excluding carboxylic acids is 1. The lowest BCUT2D eigenvalue weighted by atomic mass is 9.86. The standard InChI is InChI=1S/C25H34ClN3O2/c1-6-29(20-9-7-15(2)8-10-20)23-13-19(26)12-21(18(23)5)24(30)27-14-22-16(3)11-17(4)28-25(22)31/h11-13,15,20H,6-10,14H2,1-5H3,(H,27,30)(H,28,31). The average molecular weight is 444 g/mol. The monoisotopic (exact) mass is 443 g/mol. The molecule has 1 fully saturated rings. The minimum atomic E-state index is -0.214. The van der Waals surface area contributed by atoms with E-state index in [1.54, 1.807) is 6.07 Å². The van der Waals surface area contributed by atoms with E-state index in [-0.39, 0.29) is 18.0 Å². The summed E-state index contributed by atoms with van der Waals surface area (Å²) in [6.45, 7) is 11.2.